The van der Waals surface area contributed by atoms with Crippen LogP contribution >= 0.6 is 11.6 Å². The molecule has 59 heavy (non-hydrogen) atoms. The van der Waals surface area contributed by atoms with E-state index in [4.69, 9.17) is 11.6 Å². The first-order valence-electron chi connectivity index (χ1n) is 18.4. The van der Waals surface area contributed by atoms with Crippen LogP contribution in [0.3, 0.4) is 0 Å². The van der Waals surface area contributed by atoms with Crippen molar-refractivity contribution in [3.8, 4) is 0 Å². The monoisotopic (exact) mass is 883 g/mol. The quantitative estimate of drug-likeness (QED) is 0.105. The number of rotatable bonds is 9. The number of primary sulfonamides is 1. The van der Waals surface area contributed by atoms with Gasteiger partial charge in [0, 0.05) is 71.2 Å². The van der Waals surface area contributed by atoms with Crippen LogP contribution in [0.2, 0.25) is 5.15 Å². The predicted molar refractivity (Wildman–Crippen MR) is 233 cm³/mol. The SMILES string of the molecule is CCN(C(C)C)C(C)C.CS(N)(=O)=O.Cc1cnc(Nc2ccc3c(c2)CCC(=O)N3)nc1Cl.Cc1cnc(Nc2ccc3c(c2)CCC(=O)N3)nc1NS(C)(=O)=O.[H-].[Na+]. The molecular weight excluding hydrogens is 829 g/mol. The number of sulfonamides is 2. The van der Waals surface area contributed by atoms with E-state index < -0.39 is 20.0 Å². The molecule has 21 heteroatoms. The van der Waals surface area contributed by atoms with E-state index in [1.165, 1.54) is 0 Å². The minimum absolute atomic E-state index is 0. The number of fused-ring (bicyclic) bond motifs is 2. The van der Waals surface area contributed by atoms with E-state index in [9.17, 15) is 26.4 Å². The molecule has 0 atom stereocenters. The fourth-order valence-electron chi connectivity index (χ4n) is 5.77. The summed E-state index contributed by atoms with van der Waals surface area (Å²) in [7, 11) is -6.58. The fourth-order valence-corrected chi connectivity index (χ4v) is 6.46. The molecule has 0 fully saturated rings. The molecular formula is C38H55ClN11NaO6S2. The van der Waals surface area contributed by atoms with E-state index in [0.29, 0.717) is 48.0 Å². The van der Waals surface area contributed by atoms with Crippen LogP contribution in [0.1, 0.15) is 71.1 Å². The van der Waals surface area contributed by atoms with Crippen LogP contribution in [0.15, 0.2) is 48.8 Å². The van der Waals surface area contributed by atoms with Crippen molar-refractivity contribution in [3.05, 3.63) is 76.2 Å². The van der Waals surface area contributed by atoms with Gasteiger partial charge >= 0.3 is 29.6 Å². The number of aryl methyl sites for hydroxylation is 4. The maximum Gasteiger partial charge on any atom is 1.00 e. The number of carbonyl (C=O) groups excluding carboxylic acids is 2. The zero-order valence-electron chi connectivity index (χ0n) is 36.3. The average Bonchev–Trinajstić information content (AvgIpc) is 3.11. The molecule has 6 rings (SSSR count). The number of nitrogens with one attached hydrogen (secondary N) is 5. The van der Waals surface area contributed by atoms with E-state index in [1.54, 1.807) is 25.4 Å². The maximum atomic E-state index is 11.4. The van der Waals surface area contributed by atoms with Crippen LogP contribution in [0.4, 0.5) is 40.5 Å². The van der Waals surface area contributed by atoms with Gasteiger partial charge in [-0.2, -0.15) is 4.98 Å². The number of amides is 2. The first kappa shape index (κ1) is 51.2. The van der Waals surface area contributed by atoms with Gasteiger partial charge in [0.2, 0.25) is 43.8 Å². The van der Waals surface area contributed by atoms with Crippen molar-refractivity contribution in [1.29, 1.82) is 0 Å². The van der Waals surface area contributed by atoms with Crippen molar-refractivity contribution >= 4 is 83.9 Å². The smallest absolute Gasteiger partial charge is 1.00 e. The van der Waals surface area contributed by atoms with Crippen molar-refractivity contribution in [3.63, 3.8) is 0 Å². The molecule has 4 aromatic rings. The number of anilines is 7. The van der Waals surface area contributed by atoms with E-state index in [-0.39, 0.29) is 54.6 Å². The van der Waals surface area contributed by atoms with Gasteiger partial charge in [-0.05, 0) is 108 Å². The first-order valence-corrected chi connectivity index (χ1v) is 22.7. The summed E-state index contributed by atoms with van der Waals surface area (Å²) in [5, 5.41) is 16.6. The Morgan fingerprint density at radius 1 is 0.780 bits per heavy atom. The van der Waals surface area contributed by atoms with E-state index >= 15 is 0 Å². The van der Waals surface area contributed by atoms with Crippen LogP contribution in [0, 0.1) is 13.8 Å². The molecule has 0 unspecified atom stereocenters. The van der Waals surface area contributed by atoms with Crippen molar-refractivity contribution in [2.45, 2.75) is 86.2 Å². The third-order valence-corrected chi connectivity index (χ3v) is 9.32. The first-order chi connectivity index (χ1) is 27.0. The third kappa shape index (κ3) is 18.5. The number of hydrogen-bond donors (Lipinski definition) is 6. The molecule has 2 aromatic heterocycles. The normalized spacial score (nSPS) is 13.1. The van der Waals surface area contributed by atoms with Gasteiger partial charge in [-0.3, -0.25) is 19.2 Å². The molecule has 2 aliphatic heterocycles. The Morgan fingerprint density at radius 3 is 1.58 bits per heavy atom. The molecule has 17 nitrogen and oxygen atoms in total. The molecule has 0 spiro atoms. The Labute approximate surface area is 376 Å². The van der Waals surface area contributed by atoms with Crippen LogP contribution in [-0.2, 0) is 42.5 Å². The predicted octanol–water partition coefficient (Wildman–Crippen LogP) is 3.00. The van der Waals surface area contributed by atoms with Crippen LogP contribution in [0.5, 0.6) is 0 Å². The van der Waals surface area contributed by atoms with E-state index in [1.807, 2.05) is 37.3 Å². The van der Waals surface area contributed by atoms with Gasteiger partial charge in [0.1, 0.15) is 11.0 Å². The summed E-state index contributed by atoms with van der Waals surface area (Å²) in [5.74, 6) is 1.06. The number of hydrogen-bond acceptors (Lipinski definition) is 13. The Hall–Kier alpha value is -3.95. The van der Waals surface area contributed by atoms with Gasteiger partial charge in [0.25, 0.3) is 0 Å². The molecule has 2 amide bonds. The van der Waals surface area contributed by atoms with Gasteiger partial charge in [0.05, 0.1) is 12.5 Å². The van der Waals surface area contributed by atoms with Crippen LogP contribution < -0.4 is 60.7 Å². The molecule has 2 aliphatic rings. The number of halogens is 1. The largest absolute Gasteiger partial charge is 1.00 e. The zero-order chi connectivity index (χ0) is 43.4. The minimum atomic E-state index is -3.41. The Balaban J connectivity index is 0.000000451. The summed E-state index contributed by atoms with van der Waals surface area (Å²) in [6.45, 7) is 15.9. The van der Waals surface area contributed by atoms with Gasteiger partial charge < -0.3 is 22.7 Å². The topological polar surface area (TPSA) is 243 Å². The maximum absolute atomic E-state index is 11.4. The summed E-state index contributed by atoms with van der Waals surface area (Å²) in [6, 6.07) is 12.7. The van der Waals surface area contributed by atoms with Gasteiger partial charge in [-0.1, -0.05) is 18.5 Å². The summed E-state index contributed by atoms with van der Waals surface area (Å²) in [5.41, 5.74) is 6.91. The molecule has 0 bridgehead atoms. The third-order valence-electron chi connectivity index (χ3n) is 8.37. The van der Waals surface area contributed by atoms with Crippen LogP contribution in [0.25, 0.3) is 0 Å². The second-order valence-electron chi connectivity index (χ2n) is 14.2. The Bertz CT molecular complexity index is 2290. The second kappa shape index (κ2) is 23.2. The standard InChI is InChI=1S/C15H17N5O3S.C14H13ClN4O.C8H19N.CH5NO2S.Na.H/c1-9-8-16-15(19-14(9)20-24(2,22)23)17-11-4-5-12-10(7-11)3-6-13(21)18-12;1-8-7-16-14(19-13(8)15)17-10-3-4-11-9(6-10)2-5-12(20)18-11;1-6-9(7(2)3)8(4)5;1-5(2,3)4;;/h4-5,7-8H,3,6H2,1-2H3,(H,18,21)(H2,16,17,19,20);3-4,6-7H,2,5H2,1H3,(H,18,20)(H,16,17,19);7-8H,6H2,1-5H3;1H3,(H2,2,3,4);;/q;;;;+1;-1. The summed E-state index contributed by atoms with van der Waals surface area (Å²) in [6.07, 6.45) is 7.62. The van der Waals surface area contributed by atoms with E-state index in [0.717, 1.165) is 64.9 Å². The fraction of sp³-hybridized carbons (Fsp3) is 0.421. The van der Waals surface area contributed by atoms with Crippen molar-refractivity contribution in [2.24, 2.45) is 5.14 Å². The van der Waals surface area contributed by atoms with Crippen LogP contribution in [-0.4, -0.2) is 84.6 Å². The molecule has 0 saturated heterocycles. The molecule has 2 aromatic carbocycles. The van der Waals surface area contributed by atoms with Gasteiger partial charge in [-0.15, -0.1) is 0 Å². The number of aromatic nitrogens is 4. The number of carbonyl (C=O) groups is 2. The molecule has 4 heterocycles. The Morgan fingerprint density at radius 2 is 1.20 bits per heavy atom. The number of benzene rings is 2. The zero-order valence-corrected chi connectivity index (χ0v) is 39.7. The summed E-state index contributed by atoms with van der Waals surface area (Å²) in [4.78, 5) is 41.9. The number of nitrogens with two attached hydrogens (primary N) is 1. The van der Waals surface area contributed by atoms with E-state index in [2.05, 4.69) is 90.6 Å². The summed E-state index contributed by atoms with van der Waals surface area (Å²) >= 11 is 5.97. The second-order valence-corrected chi connectivity index (χ2v) is 18.0. The summed E-state index contributed by atoms with van der Waals surface area (Å²) < 4.78 is 43.9. The molecule has 0 radical (unpaired) electrons. The Kier molecular flexibility index (Phi) is 20.1. The van der Waals surface area contributed by atoms with Crippen molar-refractivity contribution < 1.29 is 57.4 Å². The molecule has 318 valence electrons. The molecule has 7 N–H and O–H groups in total. The van der Waals surface area contributed by atoms with Gasteiger partial charge in [-0.25, -0.2) is 36.9 Å². The minimum Gasteiger partial charge on any atom is -1.00 e. The molecule has 0 aliphatic carbocycles. The molecule has 0 saturated carbocycles. The van der Waals surface area contributed by atoms with Crippen molar-refractivity contribution in [2.75, 3.05) is 45.0 Å². The average molecular weight is 885 g/mol. The van der Waals surface area contributed by atoms with Gasteiger partial charge in [0.15, 0.2) is 0 Å². The number of nitrogens with zero attached hydrogens (tertiary/aromatic N) is 5. The van der Waals surface area contributed by atoms with Crippen molar-refractivity contribution in [1.82, 2.24) is 24.8 Å².